The van der Waals surface area contributed by atoms with Gasteiger partial charge in [0.25, 0.3) is 0 Å². The fourth-order valence-corrected chi connectivity index (χ4v) is 7.87. The van der Waals surface area contributed by atoms with E-state index >= 15 is 0 Å². The van der Waals surface area contributed by atoms with Crippen molar-refractivity contribution in [2.75, 3.05) is 13.2 Å². The number of nitrogens with one attached hydrogen (secondary N) is 1. The molecule has 2 unspecified atom stereocenters. The van der Waals surface area contributed by atoms with E-state index in [-0.39, 0.29) is 12.5 Å². The maximum atomic E-state index is 13.0. The highest BCUT2D eigenvalue weighted by atomic mass is 16.7. The van der Waals surface area contributed by atoms with E-state index < -0.39 is 49.5 Å². The number of hydrogen-bond donors (Lipinski definition) is 6. The van der Waals surface area contributed by atoms with Crippen molar-refractivity contribution in [1.29, 1.82) is 0 Å². The molecule has 0 aliphatic carbocycles. The van der Waals surface area contributed by atoms with Gasteiger partial charge in [-0.25, -0.2) is 0 Å². The van der Waals surface area contributed by atoms with Crippen LogP contribution in [0.5, 0.6) is 0 Å². The van der Waals surface area contributed by atoms with Gasteiger partial charge < -0.3 is 40.3 Å². The van der Waals surface area contributed by atoms with E-state index in [1.807, 2.05) is 0 Å². The van der Waals surface area contributed by atoms with Gasteiger partial charge >= 0.3 is 0 Å². The maximum absolute atomic E-state index is 13.0. The molecule has 6 N–H and O–H groups in total. The van der Waals surface area contributed by atoms with Crippen molar-refractivity contribution >= 4 is 5.91 Å². The van der Waals surface area contributed by atoms with Crippen LogP contribution in [0.15, 0.2) is 0 Å². The molecular formula is C46H91NO8. The van der Waals surface area contributed by atoms with Crippen LogP contribution in [0, 0.1) is 0 Å². The Bertz CT molecular complexity index is 832. The number of rotatable bonds is 40. The highest BCUT2D eigenvalue weighted by molar-refractivity contribution is 5.76. The van der Waals surface area contributed by atoms with Gasteiger partial charge in [0.05, 0.1) is 25.4 Å². The van der Waals surface area contributed by atoms with Crippen molar-refractivity contribution in [3.05, 3.63) is 0 Å². The van der Waals surface area contributed by atoms with Crippen LogP contribution in [0.3, 0.4) is 0 Å². The number of carbonyl (C=O) groups excluding carboxylic acids is 1. The third-order valence-corrected chi connectivity index (χ3v) is 11.7. The minimum Gasteiger partial charge on any atom is -0.394 e. The van der Waals surface area contributed by atoms with Crippen molar-refractivity contribution in [2.24, 2.45) is 0 Å². The fraction of sp³-hybridized carbons (Fsp3) is 0.978. The summed E-state index contributed by atoms with van der Waals surface area (Å²) in [4.78, 5) is 13.0. The largest absolute Gasteiger partial charge is 0.394 e. The second kappa shape index (κ2) is 37.5. The average molecular weight is 786 g/mol. The molecule has 0 saturated carbocycles. The highest BCUT2D eigenvalue weighted by Crippen LogP contribution is 2.23. The van der Waals surface area contributed by atoms with Gasteiger partial charge in [-0.1, -0.05) is 213 Å². The molecule has 1 heterocycles. The first-order valence-corrected chi connectivity index (χ1v) is 23.7. The van der Waals surface area contributed by atoms with Gasteiger partial charge in [0.2, 0.25) is 5.91 Å². The summed E-state index contributed by atoms with van der Waals surface area (Å²) in [5.74, 6) is -0.140. The van der Waals surface area contributed by atoms with E-state index in [4.69, 9.17) is 9.47 Å². The summed E-state index contributed by atoms with van der Waals surface area (Å²) in [5.41, 5.74) is 0. The number of ether oxygens (including phenoxy) is 2. The summed E-state index contributed by atoms with van der Waals surface area (Å²) in [6.45, 7) is 3.85. The Kier molecular flexibility index (Phi) is 35.6. The second-order valence-electron chi connectivity index (χ2n) is 16.9. The minimum atomic E-state index is -1.55. The Morgan fingerprint density at radius 2 is 0.909 bits per heavy atom. The lowest BCUT2D eigenvalue weighted by molar-refractivity contribution is -0.302. The SMILES string of the molecule is CCCCCCCCCCCCCCCCCCC[C@@H](O)[C@H](CO[C@@H]1O[C@H](CO)[C@H](O)C(O)C1O)NC(=O)CCCCCCCCCCCCCCCCC. The summed E-state index contributed by atoms with van der Waals surface area (Å²) in [6.07, 6.45) is 33.9. The molecule has 1 aliphatic heterocycles. The number of amides is 1. The van der Waals surface area contributed by atoms with E-state index in [2.05, 4.69) is 19.2 Å². The van der Waals surface area contributed by atoms with Crippen LogP contribution in [0.4, 0.5) is 0 Å². The van der Waals surface area contributed by atoms with E-state index in [9.17, 15) is 30.3 Å². The van der Waals surface area contributed by atoms with Crippen molar-refractivity contribution in [2.45, 2.75) is 275 Å². The molecule has 0 aromatic rings. The lowest BCUT2D eigenvalue weighted by atomic mass is 9.99. The fourth-order valence-electron chi connectivity index (χ4n) is 7.87. The van der Waals surface area contributed by atoms with E-state index in [0.717, 1.165) is 38.5 Å². The molecule has 0 aromatic heterocycles. The summed E-state index contributed by atoms with van der Waals surface area (Å²) in [5, 5.41) is 54.4. The van der Waals surface area contributed by atoms with Gasteiger partial charge in [-0.2, -0.15) is 0 Å². The Balaban J connectivity index is 2.30. The standard InChI is InChI=1S/C46H91NO8/c1-3-5-7-9-11-13-15-17-19-20-22-23-25-27-29-31-33-35-40(49)39(38-54-46-45(53)44(52)43(51)41(37-48)55-46)47-42(50)36-34-32-30-28-26-24-21-18-16-14-12-10-8-6-4-2/h39-41,43-46,48-49,51-53H,3-38H2,1-2H3,(H,47,50)/t39-,40+,41+,43-,44?,45?,46+/m0/s1. The third kappa shape index (κ3) is 28.3. The molecule has 7 atom stereocenters. The zero-order valence-electron chi connectivity index (χ0n) is 36.0. The summed E-state index contributed by atoms with van der Waals surface area (Å²) < 4.78 is 11.3. The van der Waals surface area contributed by atoms with E-state index in [1.54, 1.807) is 0 Å². The number of unbranched alkanes of at least 4 members (excludes halogenated alkanes) is 30. The Labute approximate surface area is 338 Å². The zero-order chi connectivity index (χ0) is 40.2. The van der Waals surface area contributed by atoms with Gasteiger partial charge in [-0.15, -0.1) is 0 Å². The van der Waals surface area contributed by atoms with Gasteiger partial charge in [-0.05, 0) is 12.8 Å². The molecular weight excluding hydrogens is 695 g/mol. The number of aliphatic hydroxyl groups excluding tert-OH is 5. The van der Waals surface area contributed by atoms with Crippen molar-refractivity contribution < 1.29 is 39.8 Å². The van der Waals surface area contributed by atoms with Crippen LogP contribution in [0.25, 0.3) is 0 Å². The smallest absolute Gasteiger partial charge is 0.220 e. The van der Waals surface area contributed by atoms with Crippen molar-refractivity contribution in [3.8, 4) is 0 Å². The molecule has 0 bridgehead atoms. The number of aliphatic hydroxyl groups is 5. The zero-order valence-corrected chi connectivity index (χ0v) is 36.0. The van der Waals surface area contributed by atoms with E-state index in [0.29, 0.717) is 12.8 Å². The van der Waals surface area contributed by atoms with E-state index in [1.165, 1.54) is 167 Å². The first-order valence-electron chi connectivity index (χ1n) is 23.7. The Morgan fingerprint density at radius 3 is 1.29 bits per heavy atom. The maximum Gasteiger partial charge on any atom is 0.220 e. The number of carbonyl (C=O) groups is 1. The molecule has 328 valence electrons. The van der Waals surface area contributed by atoms with Crippen LogP contribution in [-0.4, -0.2) is 87.5 Å². The molecule has 0 spiro atoms. The molecule has 0 radical (unpaired) electrons. The van der Waals surface area contributed by atoms with Crippen molar-refractivity contribution in [3.63, 3.8) is 0 Å². The first kappa shape index (κ1) is 52.2. The van der Waals surface area contributed by atoms with Gasteiger partial charge in [0.15, 0.2) is 6.29 Å². The molecule has 1 rings (SSSR count). The van der Waals surface area contributed by atoms with Crippen LogP contribution in [0.1, 0.15) is 232 Å². The van der Waals surface area contributed by atoms with Gasteiger partial charge in [0.1, 0.15) is 24.4 Å². The van der Waals surface area contributed by atoms with Gasteiger partial charge in [0, 0.05) is 6.42 Å². The average Bonchev–Trinajstić information content (AvgIpc) is 3.18. The molecule has 1 aliphatic rings. The lowest BCUT2D eigenvalue weighted by Gasteiger charge is -2.40. The minimum absolute atomic E-state index is 0.132. The Morgan fingerprint density at radius 1 is 0.545 bits per heavy atom. The predicted octanol–water partition coefficient (Wildman–Crippen LogP) is 9.95. The number of hydrogen-bond acceptors (Lipinski definition) is 8. The summed E-state index contributed by atoms with van der Waals surface area (Å²) in [7, 11) is 0. The second-order valence-corrected chi connectivity index (χ2v) is 16.9. The molecule has 1 saturated heterocycles. The summed E-state index contributed by atoms with van der Waals surface area (Å²) in [6, 6.07) is -0.711. The van der Waals surface area contributed by atoms with Gasteiger partial charge in [-0.3, -0.25) is 4.79 Å². The monoisotopic (exact) mass is 786 g/mol. The quantitative estimate of drug-likeness (QED) is 0.0337. The van der Waals surface area contributed by atoms with Crippen LogP contribution >= 0.6 is 0 Å². The molecule has 1 fully saturated rings. The lowest BCUT2D eigenvalue weighted by Crippen LogP contribution is -2.60. The highest BCUT2D eigenvalue weighted by Gasteiger charge is 2.44. The summed E-state index contributed by atoms with van der Waals surface area (Å²) >= 11 is 0. The normalized spacial score (nSPS) is 21.2. The topological polar surface area (TPSA) is 149 Å². The van der Waals surface area contributed by atoms with Crippen molar-refractivity contribution in [1.82, 2.24) is 5.32 Å². The molecule has 9 nitrogen and oxygen atoms in total. The third-order valence-electron chi connectivity index (χ3n) is 11.7. The first-order chi connectivity index (χ1) is 26.8. The molecule has 9 heteroatoms. The molecule has 55 heavy (non-hydrogen) atoms. The molecule has 1 amide bonds. The predicted molar refractivity (Wildman–Crippen MR) is 226 cm³/mol. The van der Waals surface area contributed by atoms with Crippen LogP contribution < -0.4 is 5.32 Å². The molecule has 0 aromatic carbocycles. The van der Waals surface area contributed by atoms with Crippen LogP contribution in [-0.2, 0) is 14.3 Å². The van der Waals surface area contributed by atoms with Crippen LogP contribution in [0.2, 0.25) is 0 Å². The Hall–Kier alpha value is -0.810.